The van der Waals surface area contributed by atoms with E-state index in [1.807, 2.05) is 41.5 Å². The molecule has 0 fully saturated rings. The molecule has 0 bridgehead atoms. The maximum atomic E-state index is 14.7. The van der Waals surface area contributed by atoms with Gasteiger partial charge in [-0.05, 0) is 203 Å². The average Bonchev–Trinajstić information content (AvgIpc) is 0.849. The summed E-state index contributed by atoms with van der Waals surface area (Å²) in [4.78, 5) is 184. The minimum atomic E-state index is -1.71. The molecule has 0 heterocycles. The van der Waals surface area contributed by atoms with E-state index in [9.17, 15) is 67.4 Å². The van der Waals surface area contributed by atoms with E-state index in [1.165, 1.54) is 0 Å². The van der Waals surface area contributed by atoms with Gasteiger partial charge in [-0.2, -0.15) is 0 Å². The highest BCUT2D eigenvalue weighted by Crippen LogP contribution is 2.18. The summed E-state index contributed by atoms with van der Waals surface area (Å²) in [6.45, 7) is 22.0. The highest BCUT2D eigenvalue weighted by molar-refractivity contribution is 6.00. The molecule has 0 aliphatic rings. The third-order valence-electron chi connectivity index (χ3n) is 19.4. The van der Waals surface area contributed by atoms with Gasteiger partial charge in [0.2, 0.25) is 76.8 Å². The standard InChI is InChI=1S/C74H144N20O14/c1-13-46(10)58(81)71(105)87-51(30-18-24-36-77)63(97)85-53(32-20-26-38-79)66(100)94-61(48(12)15-3)74(108)92-59(45(8)9)72(106)91-57(42-95)70(104)86-54(33-21-27-39-80)67(101)93-60(47(11)14-2)73(107)88-52(31-19-25-37-78)64(98)84-50(29-17-23-35-76)65(99)89-56(41-44(6)7)69(103)90-55(40-43(4)5)68(102)83-49(62(82)96)28-16-22-34-75/h43-61,95H,13-42,75-81H2,1-12H3,(H2,82,96)(H,83,102)(H,84,98)(H,85,97)(H,86,104)(H,87,105)(H,88,107)(H,89,99)(H,90,103)(H,91,106)(H,92,108)(H,93,101)(H,94,100)/t46-,47-,48-,49-,50-,51-,52-,53-,54-,55-,56-,57-,58-,59-,60-,61-/m0/s1. The topological polar surface area (TPSA) is 595 Å². The van der Waals surface area contributed by atoms with Gasteiger partial charge in [0.25, 0.3) is 0 Å². The molecule has 0 aromatic carbocycles. The molecule has 108 heavy (non-hydrogen) atoms. The highest BCUT2D eigenvalue weighted by Gasteiger charge is 2.39. The van der Waals surface area contributed by atoms with Crippen molar-refractivity contribution in [3.05, 3.63) is 0 Å². The van der Waals surface area contributed by atoms with Gasteiger partial charge in [0.1, 0.15) is 72.5 Å². The Labute approximate surface area is 642 Å². The summed E-state index contributed by atoms with van der Waals surface area (Å²) < 4.78 is 0. The second-order valence-electron chi connectivity index (χ2n) is 30.0. The first kappa shape index (κ1) is 101. The number of rotatable bonds is 61. The minimum Gasteiger partial charge on any atom is -0.394 e. The van der Waals surface area contributed by atoms with Gasteiger partial charge in [-0.1, -0.05) is 102 Å². The lowest BCUT2D eigenvalue weighted by Crippen LogP contribution is -2.62. The van der Waals surface area contributed by atoms with Crippen molar-refractivity contribution in [2.75, 3.05) is 45.9 Å². The van der Waals surface area contributed by atoms with E-state index in [2.05, 4.69) is 63.8 Å². The molecular formula is C74H144N20O14. The summed E-state index contributed by atoms with van der Waals surface area (Å²) in [6.07, 6.45) is 7.56. The Morgan fingerprint density at radius 3 is 0.778 bits per heavy atom. The zero-order valence-electron chi connectivity index (χ0n) is 67.1. The van der Waals surface area contributed by atoms with Crippen LogP contribution in [0.4, 0.5) is 0 Å². The largest absolute Gasteiger partial charge is 0.394 e. The number of carbonyl (C=O) groups excluding carboxylic acids is 13. The maximum absolute atomic E-state index is 14.7. The van der Waals surface area contributed by atoms with Gasteiger partial charge in [0, 0.05) is 0 Å². The molecule has 29 N–H and O–H groups in total. The zero-order valence-corrected chi connectivity index (χ0v) is 67.1. The molecule has 0 spiro atoms. The van der Waals surface area contributed by atoms with Crippen molar-refractivity contribution < 1.29 is 67.4 Å². The molecule has 34 nitrogen and oxygen atoms in total. The monoisotopic (exact) mass is 1540 g/mol. The molecule has 0 aliphatic carbocycles. The number of hydrogen-bond donors (Lipinski definition) is 21. The number of aliphatic hydroxyl groups is 1. The van der Waals surface area contributed by atoms with Crippen LogP contribution in [-0.4, -0.2) is 206 Å². The number of aliphatic hydroxyl groups excluding tert-OH is 1. The summed E-state index contributed by atoms with van der Waals surface area (Å²) in [5.74, 6) is -12.1. The molecule has 0 rings (SSSR count). The molecule has 0 aliphatic heterocycles. The van der Waals surface area contributed by atoms with Crippen LogP contribution >= 0.6 is 0 Å². The number of carbonyl (C=O) groups is 13. The molecule has 13 amide bonds. The van der Waals surface area contributed by atoms with Crippen LogP contribution in [0, 0.1) is 35.5 Å². The molecule has 34 heteroatoms. The third-order valence-corrected chi connectivity index (χ3v) is 19.4. The Bertz CT molecular complexity index is 2720. The van der Waals surface area contributed by atoms with Gasteiger partial charge in [-0.3, -0.25) is 62.3 Å². The van der Waals surface area contributed by atoms with Crippen LogP contribution in [0.3, 0.4) is 0 Å². The quantitative estimate of drug-likeness (QED) is 0.0301. The fourth-order valence-corrected chi connectivity index (χ4v) is 11.8. The smallest absolute Gasteiger partial charge is 0.245 e. The first-order valence-electron chi connectivity index (χ1n) is 39.6. The van der Waals surface area contributed by atoms with E-state index in [0.717, 1.165) is 0 Å². The van der Waals surface area contributed by atoms with Crippen molar-refractivity contribution in [2.45, 2.75) is 309 Å². The molecule has 624 valence electrons. The lowest BCUT2D eigenvalue weighted by Gasteiger charge is -2.31. The van der Waals surface area contributed by atoms with Crippen LogP contribution in [0.5, 0.6) is 0 Å². The number of hydrogen-bond acceptors (Lipinski definition) is 21. The van der Waals surface area contributed by atoms with Crippen LogP contribution in [0.1, 0.15) is 231 Å². The lowest BCUT2D eigenvalue weighted by molar-refractivity contribution is -0.137. The summed E-state index contributed by atoms with van der Waals surface area (Å²) in [6, 6.07) is -16.2. The number of nitrogens with two attached hydrogens (primary N) is 8. The molecule has 16 atom stereocenters. The summed E-state index contributed by atoms with van der Waals surface area (Å²) in [7, 11) is 0. The molecular weight excluding hydrogens is 1390 g/mol. The summed E-state index contributed by atoms with van der Waals surface area (Å²) >= 11 is 0. The van der Waals surface area contributed by atoms with Crippen molar-refractivity contribution in [3.8, 4) is 0 Å². The second-order valence-corrected chi connectivity index (χ2v) is 30.0. The average molecular weight is 1540 g/mol. The van der Waals surface area contributed by atoms with Crippen LogP contribution in [0.2, 0.25) is 0 Å². The van der Waals surface area contributed by atoms with Gasteiger partial charge >= 0.3 is 0 Å². The molecule has 0 radical (unpaired) electrons. The minimum absolute atomic E-state index is 0.0294. The van der Waals surface area contributed by atoms with Crippen molar-refractivity contribution in [1.29, 1.82) is 0 Å². The Hall–Kier alpha value is -7.21. The highest BCUT2D eigenvalue weighted by atomic mass is 16.3. The Kier molecular flexibility index (Phi) is 53.1. The molecule has 0 aromatic rings. The molecule has 0 saturated carbocycles. The normalized spacial score (nSPS) is 16.0. The molecule has 0 aromatic heterocycles. The predicted octanol–water partition coefficient (Wildman–Crippen LogP) is -1.73. The first-order valence-corrected chi connectivity index (χ1v) is 39.6. The third kappa shape index (κ3) is 39.4. The predicted molar refractivity (Wildman–Crippen MR) is 417 cm³/mol. The van der Waals surface area contributed by atoms with Crippen LogP contribution < -0.4 is 110 Å². The maximum Gasteiger partial charge on any atom is 0.245 e. The van der Waals surface area contributed by atoms with Crippen molar-refractivity contribution in [1.82, 2.24) is 63.8 Å². The number of primary amides is 1. The van der Waals surface area contributed by atoms with E-state index in [0.29, 0.717) is 116 Å². The van der Waals surface area contributed by atoms with Gasteiger partial charge in [-0.15, -0.1) is 0 Å². The Morgan fingerprint density at radius 1 is 0.278 bits per heavy atom. The lowest BCUT2D eigenvalue weighted by atomic mass is 9.95. The van der Waals surface area contributed by atoms with Crippen LogP contribution in [0.25, 0.3) is 0 Å². The van der Waals surface area contributed by atoms with E-state index < -0.39 is 180 Å². The van der Waals surface area contributed by atoms with Crippen LogP contribution in [-0.2, 0) is 62.3 Å². The number of unbranched alkanes of at least 4 members (excludes halogenated alkanes) is 6. The van der Waals surface area contributed by atoms with E-state index in [4.69, 9.17) is 45.9 Å². The first-order chi connectivity index (χ1) is 51.1. The van der Waals surface area contributed by atoms with E-state index >= 15 is 0 Å². The Morgan fingerprint density at radius 2 is 0.500 bits per heavy atom. The van der Waals surface area contributed by atoms with Crippen molar-refractivity contribution >= 4 is 76.8 Å². The summed E-state index contributed by atoms with van der Waals surface area (Å²) in [5.41, 5.74) is 46.7. The van der Waals surface area contributed by atoms with Gasteiger partial charge in [0.15, 0.2) is 0 Å². The van der Waals surface area contributed by atoms with Crippen LogP contribution in [0.15, 0.2) is 0 Å². The fourth-order valence-electron chi connectivity index (χ4n) is 11.8. The fraction of sp³-hybridized carbons (Fsp3) is 0.824. The van der Waals surface area contributed by atoms with Gasteiger partial charge < -0.3 is 115 Å². The van der Waals surface area contributed by atoms with Gasteiger partial charge in [0.05, 0.1) is 12.6 Å². The van der Waals surface area contributed by atoms with Crippen molar-refractivity contribution in [2.24, 2.45) is 81.4 Å². The second kappa shape index (κ2) is 56.9. The number of amides is 13. The Balaban J connectivity index is 7.08. The van der Waals surface area contributed by atoms with E-state index in [1.54, 1.807) is 41.5 Å². The SMILES string of the molecule is CC[C@H](C)[C@H](N)C(=O)N[C@@H](CCCCN)C(=O)N[C@@H](CCCCN)C(=O)N[C@H](C(=O)N[C@H](C(=O)N[C@@H](CO)C(=O)N[C@@H](CCCCN)C(=O)N[C@H](C(=O)N[C@@H](CCCCN)C(=O)N[C@@H](CCCCN)C(=O)N[C@@H](CC(C)C)C(=O)N[C@@H](CC(C)C)C(=O)N[C@@H](CCCCN)C(N)=O)[C@@H](C)CC)C(C)C)[C@@H](C)CC. The van der Waals surface area contributed by atoms with Gasteiger partial charge in [-0.25, -0.2) is 0 Å². The zero-order chi connectivity index (χ0) is 82.2. The summed E-state index contributed by atoms with van der Waals surface area (Å²) in [5, 5.41) is 43.5. The molecule has 0 saturated heterocycles. The number of nitrogens with one attached hydrogen (secondary N) is 12. The molecule has 0 unspecified atom stereocenters. The van der Waals surface area contributed by atoms with Crippen molar-refractivity contribution in [3.63, 3.8) is 0 Å². The van der Waals surface area contributed by atoms with E-state index in [-0.39, 0.29) is 88.8 Å².